The Hall–Kier alpha value is -2.56. The lowest BCUT2D eigenvalue weighted by atomic mass is 10.0. The molecule has 0 fully saturated rings. The molecule has 0 amide bonds. The Morgan fingerprint density at radius 2 is 2.10 bits per heavy atom. The van der Waals surface area contributed by atoms with E-state index in [1.165, 1.54) is 6.92 Å². The van der Waals surface area contributed by atoms with Crippen molar-refractivity contribution in [2.45, 2.75) is 13.3 Å². The number of hydrogen-bond acceptors (Lipinski definition) is 5. The van der Waals surface area contributed by atoms with E-state index in [1.54, 1.807) is 6.07 Å². The van der Waals surface area contributed by atoms with Gasteiger partial charge in [-0.2, -0.15) is 5.26 Å². The summed E-state index contributed by atoms with van der Waals surface area (Å²) < 4.78 is 44.7. The summed E-state index contributed by atoms with van der Waals surface area (Å²) >= 11 is 0. The van der Waals surface area contributed by atoms with Crippen molar-refractivity contribution in [1.82, 2.24) is 0 Å². The number of hydrogen-bond donors (Lipinski definition) is 0. The smallest absolute Gasteiger partial charge is 0.462 e. The van der Waals surface area contributed by atoms with Gasteiger partial charge in [-0.25, -0.2) is 4.79 Å². The lowest BCUT2D eigenvalue weighted by Gasteiger charge is -2.12. The van der Waals surface area contributed by atoms with Gasteiger partial charge in [0.25, 0.3) is 0 Å². The third-order valence-electron chi connectivity index (χ3n) is 2.12. The first-order valence-electron chi connectivity index (χ1n) is 5.28. The van der Waals surface area contributed by atoms with E-state index in [4.69, 9.17) is 5.26 Å². The zero-order valence-electron chi connectivity index (χ0n) is 10.2. The molecule has 0 aromatic heterocycles. The van der Waals surface area contributed by atoms with E-state index in [9.17, 15) is 22.8 Å². The van der Waals surface area contributed by atoms with Crippen LogP contribution in [0.3, 0.4) is 0 Å². The minimum Gasteiger partial charge on any atom is -0.462 e. The molecule has 0 aliphatic rings. The number of carbonyl (C=O) groups excluding carboxylic acids is 2. The number of rotatable bonds is 4. The van der Waals surface area contributed by atoms with Crippen LogP contribution in [0.15, 0.2) is 12.1 Å². The second-order valence-corrected chi connectivity index (χ2v) is 3.43. The summed E-state index contributed by atoms with van der Waals surface area (Å²) in [5.41, 5.74) is -1.19. The van der Waals surface area contributed by atoms with Crippen molar-refractivity contribution in [1.29, 1.82) is 5.26 Å². The van der Waals surface area contributed by atoms with Gasteiger partial charge in [-0.15, -0.1) is 13.2 Å². The van der Waals surface area contributed by atoms with Crippen molar-refractivity contribution in [3.05, 3.63) is 28.8 Å². The van der Waals surface area contributed by atoms with E-state index in [0.717, 1.165) is 6.07 Å². The van der Waals surface area contributed by atoms with Gasteiger partial charge < -0.3 is 9.47 Å². The zero-order valence-corrected chi connectivity index (χ0v) is 10.2. The summed E-state index contributed by atoms with van der Waals surface area (Å²) in [7, 11) is 0. The maximum atomic E-state index is 12.2. The van der Waals surface area contributed by atoms with Crippen LogP contribution < -0.4 is 4.74 Å². The molecule has 0 radical (unpaired) electrons. The van der Waals surface area contributed by atoms with E-state index in [0.29, 0.717) is 6.07 Å². The first-order valence-corrected chi connectivity index (χ1v) is 5.28. The molecule has 0 saturated heterocycles. The molecule has 1 rings (SSSR count). The van der Waals surface area contributed by atoms with Crippen LogP contribution in [-0.2, 0) is 4.74 Å². The van der Waals surface area contributed by atoms with Crippen LogP contribution in [0, 0.1) is 11.3 Å². The number of nitrogens with zero attached hydrogens (tertiary/aromatic N) is 1. The molecule has 8 heteroatoms. The molecule has 106 valence electrons. The minimum absolute atomic E-state index is 0.0148. The number of halogens is 3. The largest absolute Gasteiger partial charge is 0.573 e. The molecule has 0 aliphatic carbocycles. The van der Waals surface area contributed by atoms with Gasteiger partial charge >= 0.3 is 12.3 Å². The Morgan fingerprint density at radius 1 is 1.45 bits per heavy atom. The monoisotopic (exact) mass is 287 g/mol. The molecular formula is C12H8F3NO4. The molecular weight excluding hydrogens is 279 g/mol. The molecule has 0 unspecified atom stereocenters. The van der Waals surface area contributed by atoms with Gasteiger partial charge in [0.05, 0.1) is 23.3 Å². The highest BCUT2D eigenvalue weighted by Gasteiger charge is 2.33. The van der Waals surface area contributed by atoms with E-state index >= 15 is 0 Å². The van der Waals surface area contributed by atoms with E-state index in [1.807, 2.05) is 0 Å². The van der Waals surface area contributed by atoms with Crippen molar-refractivity contribution in [2.75, 3.05) is 6.61 Å². The lowest BCUT2D eigenvalue weighted by molar-refractivity contribution is -0.274. The summed E-state index contributed by atoms with van der Waals surface area (Å²) in [5.74, 6) is -1.76. The number of esters is 1. The topological polar surface area (TPSA) is 76.4 Å². The molecule has 0 N–H and O–H groups in total. The van der Waals surface area contributed by atoms with E-state index < -0.39 is 23.6 Å². The van der Waals surface area contributed by atoms with Gasteiger partial charge in [-0.3, -0.25) is 4.79 Å². The van der Waals surface area contributed by atoms with Crippen molar-refractivity contribution in [3.8, 4) is 11.8 Å². The molecule has 0 atom stereocenters. The SMILES string of the molecule is CCOC(=O)c1cc(C=O)c(OC(F)(F)F)cc1C#N. The Kier molecular flexibility index (Phi) is 4.69. The summed E-state index contributed by atoms with van der Waals surface area (Å²) in [6.07, 6.45) is -4.93. The van der Waals surface area contributed by atoms with Crippen molar-refractivity contribution in [3.63, 3.8) is 0 Å². The fourth-order valence-corrected chi connectivity index (χ4v) is 1.37. The molecule has 1 aromatic rings. The van der Waals surface area contributed by atoms with Crippen molar-refractivity contribution >= 4 is 12.3 Å². The minimum atomic E-state index is -5.02. The lowest BCUT2D eigenvalue weighted by Crippen LogP contribution is -2.19. The van der Waals surface area contributed by atoms with Gasteiger partial charge in [-0.05, 0) is 19.1 Å². The van der Waals surface area contributed by atoms with Gasteiger partial charge in [-0.1, -0.05) is 0 Å². The molecule has 1 aromatic carbocycles. The number of aldehydes is 1. The zero-order chi connectivity index (χ0) is 15.3. The normalized spacial score (nSPS) is 10.6. The van der Waals surface area contributed by atoms with Crippen LogP contribution in [0.2, 0.25) is 0 Å². The van der Waals surface area contributed by atoms with Crippen LogP contribution in [0.25, 0.3) is 0 Å². The summed E-state index contributed by atoms with van der Waals surface area (Å²) in [5, 5.41) is 8.84. The molecule has 0 aliphatic heterocycles. The highest BCUT2D eigenvalue weighted by molar-refractivity contribution is 5.95. The average Bonchev–Trinajstić information content (AvgIpc) is 2.36. The second kappa shape index (κ2) is 6.06. The fraction of sp³-hybridized carbons (Fsp3) is 0.250. The third-order valence-corrected chi connectivity index (χ3v) is 2.12. The van der Waals surface area contributed by atoms with Crippen LogP contribution in [0.1, 0.15) is 33.2 Å². The quantitative estimate of drug-likeness (QED) is 0.628. The Morgan fingerprint density at radius 3 is 2.55 bits per heavy atom. The van der Waals surface area contributed by atoms with E-state index in [2.05, 4.69) is 9.47 Å². The van der Waals surface area contributed by atoms with Gasteiger partial charge in [0.15, 0.2) is 6.29 Å². The molecule has 0 spiro atoms. The number of nitriles is 1. The van der Waals surface area contributed by atoms with Gasteiger partial charge in [0.1, 0.15) is 11.8 Å². The Bertz CT molecular complexity index is 575. The van der Waals surface area contributed by atoms with Gasteiger partial charge in [0, 0.05) is 0 Å². The molecule has 20 heavy (non-hydrogen) atoms. The highest BCUT2D eigenvalue weighted by atomic mass is 19.4. The van der Waals surface area contributed by atoms with Crippen LogP contribution in [0.4, 0.5) is 13.2 Å². The maximum Gasteiger partial charge on any atom is 0.573 e. The van der Waals surface area contributed by atoms with E-state index in [-0.39, 0.29) is 24.0 Å². The molecule has 0 heterocycles. The van der Waals surface area contributed by atoms with Crippen LogP contribution >= 0.6 is 0 Å². The first kappa shape index (κ1) is 15.5. The molecule has 0 bridgehead atoms. The highest BCUT2D eigenvalue weighted by Crippen LogP contribution is 2.28. The van der Waals surface area contributed by atoms with Gasteiger partial charge in [0.2, 0.25) is 0 Å². The summed E-state index contributed by atoms with van der Waals surface area (Å²) in [6, 6.07) is 3.04. The fourth-order valence-electron chi connectivity index (χ4n) is 1.37. The van der Waals surface area contributed by atoms with Crippen molar-refractivity contribution < 1.29 is 32.2 Å². The Balaban J connectivity index is 3.35. The summed E-state index contributed by atoms with van der Waals surface area (Å²) in [4.78, 5) is 22.3. The number of ether oxygens (including phenoxy) is 2. The third kappa shape index (κ3) is 3.71. The molecule has 0 saturated carbocycles. The molecule has 5 nitrogen and oxygen atoms in total. The predicted octanol–water partition coefficient (Wildman–Crippen LogP) is 2.45. The first-order chi connectivity index (χ1) is 9.32. The second-order valence-electron chi connectivity index (χ2n) is 3.43. The number of carbonyl (C=O) groups is 2. The van der Waals surface area contributed by atoms with Crippen LogP contribution in [-0.4, -0.2) is 25.2 Å². The maximum absolute atomic E-state index is 12.2. The average molecular weight is 287 g/mol. The number of alkyl halides is 3. The Labute approximate surface area is 111 Å². The number of benzene rings is 1. The van der Waals surface area contributed by atoms with Crippen molar-refractivity contribution in [2.24, 2.45) is 0 Å². The van der Waals surface area contributed by atoms with Crippen LogP contribution in [0.5, 0.6) is 5.75 Å². The summed E-state index contributed by atoms with van der Waals surface area (Å²) in [6.45, 7) is 1.53. The predicted molar refractivity (Wildman–Crippen MR) is 59.2 cm³/mol. The standard InChI is InChI=1S/C12H8F3NO4/c1-2-19-11(18)9-3-8(6-17)10(4-7(9)5-16)20-12(13,14)15/h3-4,6H,2H2,1H3.